The number of aromatic nitrogens is 3. The minimum atomic E-state index is -0.113. The Kier molecular flexibility index (Phi) is 4.57. The van der Waals surface area contributed by atoms with Crippen LogP contribution in [0.2, 0.25) is 0 Å². The van der Waals surface area contributed by atoms with Crippen LogP contribution in [0.4, 0.5) is 5.82 Å². The number of H-pyrrole nitrogens is 1. The van der Waals surface area contributed by atoms with Crippen molar-refractivity contribution in [1.82, 2.24) is 15.0 Å². The molecule has 0 fully saturated rings. The van der Waals surface area contributed by atoms with Crippen molar-refractivity contribution in [3.63, 3.8) is 0 Å². The summed E-state index contributed by atoms with van der Waals surface area (Å²) in [7, 11) is 0. The predicted octanol–water partition coefficient (Wildman–Crippen LogP) is 2.20. The lowest BCUT2D eigenvalue weighted by molar-refractivity contribution is 0.905. The molecule has 19 heavy (non-hydrogen) atoms. The van der Waals surface area contributed by atoms with E-state index < -0.39 is 0 Å². The van der Waals surface area contributed by atoms with Gasteiger partial charge in [0.05, 0.1) is 0 Å². The third-order valence-corrected chi connectivity index (χ3v) is 3.35. The van der Waals surface area contributed by atoms with Gasteiger partial charge in [-0.15, -0.1) is 0 Å². The number of rotatable bonds is 5. The molecule has 0 atom stereocenters. The number of thioether (sulfide) groups is 1. The average molecular weight is 276 g/mol. The van der Waals surface area contributed by atoms with Crippen LogP contribution in [-0.2, 0) is 5.75 Å². The smallest absolute Gasteiger partial charge is 0.251 e. The summed E-state index contributed by atoms with van der Waals surface area (Å²) in [5.41, 5.74) is 1.76. The second-order valence-corrected chi connectivity index (χ2v) is 5.02. The number of aryl methyl sites for hydroxylation is 1. The highest BCUT2D eigenvalue weighted by Crippen LogP contribution is 2.19. The first-order chi connectivity index (χ1) is 9.17. The molecule has 0 radical (unpaired) electrons. The van der Waals surface area contributed by atoms with Crippen molar-refractivity contribution in [3.8, 4) is 0 Å². The number of hydrogen-bond donors (Lipinski definition) is 2. The van der Waals surface area contributed by atoms with Crippen LogP contribution < -0.4 is 10.9 Å². The van der Waals surface area contributed by atoms with Crippen LogP contribution in [0, 0.1) is 6.92 Å². The molecule has 0 aliphatic rings. The van der Waals surface area contributed by atoms with Crippen LogP contribution in [0.3, 0.4) is 0 Å². The van der Waals surface area contributed by atoms with E-state index in [1.807, 2.05) is 26.0 Å². The van der Waals surface area contributed by atoms with Crippen LogP contribution in [0.1, 0.15) is 18.2 Å². The summed E-state index contributed by atoms with van der Waals surface area (Å²) in [5.74, 6) is 1.61. The molecule has 2 rings (SSSR count). The quantitative estimate of drug-likeness (QED) is 0.647. The van der Waals surface area contributed by atoms with Gasteiger partial charge in [-0.05, 0) is 31.5 Å². The van der Waals surface area contributed by atoms with Crippen LogP contribution in [0.15, 0.2) is 34.3 Å². The van der Waals surface area contributed by atoms with Crippen molar-refractivity contribution in [2.45, 2.75) is 24.8 Å². The predicted molar refractivity (Wildman–Crippen MR) is 77.6 cm³/mol. The zero-order valence-electron chi connectivity index (χ0n) is 10.9. The van der Waals surface area contributed by atoms with Crippen LogP contribution in [0.25, 0.3) is 0 Å². The lowest BCUT2D eigenvalue weighted by Crippen LogP contribution is -2.08. The van der Waals surface area contributed by atoms with Crippen molar-refractivity contribution < 1.29 is 0 Å². The van der Waals surface area contributed by atoms with Gasteiger partial charge in [0, 0.05) is 30.3 Å². The molecule has 0 spiro atoms. The summed E-state index contributed by atoms with van der Waals surface area (Å²) in [5, 5.41) is 3.82. The van der Waals surface area contributed by atoms with E-state index >= 15 is 0 Å². The molecule has 0 aliphatic carbocycles. The van der Waals surface area contributed by atoms with Crippen LogP contribution in [0.5, 0.6) is 0 Å². The minimum absolute atomic E-state index is 0.113. The Morgan fingerprint density at radius 1 is 1.42 bits per heavy atom. The summed E-state index contributed by atoms with van der Waals surface area (Å²) in [6.07, 6.45) is 1.78. The van der Waals surface area contributed by atoms with Gasteiger partial charge >= 0.3 is 0 Å². The van der Waals surface area contributed by atoms with Gasteiger partial charge < -0.3 is 10.3 Å². The molecule has 6 heteroatoms. The number of anilines is 1. The monoisotopic (exact) mass is 276 g/mol. The van der Waals surface area contributed by atoms with Crippen molar-refractivity contribution in [1.29, 1.82) is 0 Å². The molecule has 0 aliphatic heterocycles. The second-order valence-electron chi connectivity index (χ2n) is 4.06. The van der Waals surface area contributed by atoms with Crippen molar-refractivity contribution >= 4 is 17.6 Å². The van der Waals surface area contributed by atoms with Gasteiger partial charge in [0.25, 0.3) is 5.56 Å². The Balaban J connectivity index is 2.05. The van der Waals surface area contributed by atoms with Crippen molar-refractivity contribution in [2.24, 2.45) is 0 Å². The van der Waals surface area contributed by atoms with Gasteiger partial charge in [-0.25, -0.2) is 9.97 Å². The summed E-state index contributed by atoms with van der Waals surface area (Å²) >= 11 is 1.51. The van der Waals surface area contributed by atoms with E-state index in [1.54, 1.807) is 6.20 Å². The maximum atomic E-state index is 11.3. The van der Waals surface area contributed by atoms with E-state index in [4.69, 9.17) is 0 Å². The number of hydrogen-bond acceptors (Lipinski definition) is 5. The van der Waals surface area contributed by atoms with E-state index in [9.17, 15) is 4.79 Å². The molecule has 2 N–H and O–H groups in total. The maximum absolute atomic E-state index is 11.3. The zero-order chi connectivity index (χ0) is 13.7. The van der Waals surface area contributed by atoms with Crippen LogP contribution in [-0.4, -0.2) is 21.5 Å². The maximum Gasteiger partial charge on any atom is 0.251 e. The number of nitrogens with one attached hydrogen (secondary N) is 2. The highest BCUT2D eigenvalue weighted by molar-refractivity contribution is 7.98. The Bertz CT molecular complexity index is 612. The number of aromatic amines is 1. The van der Waals surface area contributed by atoms with Gasteiger partial charge in [-0.1, -0.05) is 11.8 Å². The molecule has 2 heterocycles. The van der Waals surface area contributed by atoms with E-state index in [0.717, 1.165) is 29.4 Å². The third kappa shape index (κ3) is 4.10. The van der Waals surface area contributed by atoms with E-state index in [-0.39, 0.29) is 5.56 Å². The molecule has 0 amide bonds. The fraction of sp³-hybridized carbons (Fsp3) is 0.308. The highest BCUT2D eigenvalue weighted by Gasteiger charge is 2.01. The Hall–Kier alpha value is -1.82. The molecule has 0 unspecified atom stereocenters. The molecule has 0 saturated carbocycles. The highest BCUT2D eigenvalue weighted by atomic mass is 32.2. The first-order valence-corrected chi connectivity index (χ1v) is 7.05. The summed E-state index contributed by atoms with van der Waals surface area (Å²) in [6, 6.07) is 5.45. The molecular formula is C13H16N4OS. The van der Waals surface area contributed by atoms with Gasteiger partial charge in [0.15, 0.2) is 5.16 Å². The Morgan fingerprint density at radius 3 is 3.00 bits per heavy atom. The zero-order valence-corrected chi connectivity index (χ0v) is 11.8. The Morgan fingerprint density at radius 2 is 2.26 bits per heavy atom. The molecule has 5 nitrogen and oxygen atoms in total. The molecule has 2 aromatic heterocycles. The summed E-state index contributed by atoms with van der Waals surface area (Å²) < 4.78 is 0. The SMILES string of the molecule is CCNc1cc(CSc2nc(C)cc(=O)[nH]2)ccn1. The number of nitrogens with zero attached hydrogens (tertiary/aromatic N) is 2. The van der Waals surface area contributed by atoms with Gasteiger partial charge in [-0.3, -0.25) is 4.79 Å². The van der Waals surface area contributed by atoms with Gasteiger partial charge in [-0.2, -0.15) is 0 Å². The summed E-state index contributed by atoms with van der Waals surface area (Å²) in [4.78, 5) is 22.6. The third-order valence-electron chi connectivity index (χ3n) is 2.41. The lowest BCUT2D eigenvalue weighted by Gasteiger charge is -2.05. The van der Waals surface area contributed by atoms with Gasteiger partial charge in [0.2, 0.25) is 0 Å². The number of pyridine rings is 1. The van der Waals surface area contributed by atoms with Crippen molar-refractivity contribution in [3.05, 3.63) is 46.0 Å². The molecule has 2 aromatic rings. The molecule has 0 aromatic carbocycles. The second kappa shape index (κ2) is 6.38. The fourth-order valence-electron chi connectivity index (χ4n) is 1.61. The minimum Gasteiger partial charge on any atom is -0.370 e. The normalized spacial score (nSPS) is 10.4. The molecular weight excluding hydrogens is 260 g/mol. The summed E-state index contributed by atoms with van der Waals surface area (Å²) in [6.45, 7) is 4.69. The van der Waals surface area contributed by atoms with E-state index in [0.29, 0.717) is 5.16 Å². The fourth-order valence-corrected chi connectivity index (χ4v) is 2.48. The average Bonchev–Trinajstić information content (AvgIpc) is 2.36. The van der Waals surface area contributed by atoms with Crippen LogP contribution >= 0.6 is 11.8 Å². The Labute approximate surface area is 115 Å². The topological polar surface area (TPSA) is 70.7 Å². The van der Waals surface area contributed by atoms with Gasteiger partial charge in [0.1, 0.15) is 5.82 Å². The lowest BCUT2D eigenvalue weighted by atomic mass is 10.3. The van der Waals surface area contributed by atoms with Crippen molar-refractivity contribution in [2.75, 3.05) is 11.9 Å². The molecule has 0 saturated heterocycles. The molecule has 100 valence electrons. The van der Waals surface area contributed by atoms with E-state index in [2.05, 4.69) is 20.3 Å². The molecule has 0 bridgehead atoms. The first-order valence-electron chi connectivity index (χ1n) is 6.07. The van der Waals surface area contributed by atoms with E-state index in [1.165, 1.54) is 17.8 Å². The largest absolute Gasteiger partial charge is 0.370 e. The standard InChI is InChI=1S/C13H16N4OS/c1-3-14-11-7-10(4-5-15-11)8-19-13-16-9(2)6-12(18)17-13/h4-7H,3,8H2,1-2H3,(H,14,15)(H,16,17,18). The first kappa shape index (κ1) is 13.6.